The highest BCUT2D eigenvalue weighted by atomic mass is 19.4. The summed E-state index contributed by atoms with van der Waals surface area (Å²) in [5.41, 5.74) is 4.41. The van der Waals surface area contributed by atoms with Gasteiger partial charge in [-0.05, 0) is 79.8 Å². The average molecular weight is 618 g/mol. The fourth-order valence-electron chi connectivity index (χ4n) is 6.11. The smallest absolute Gasteiger partial charge is 0.416 e. The van der Waals surface area contributed by atoms with Gasteiger partial charge in [-0.15, -0.1) is 0 Å². The number of hydrogen-bond donors (Lipinski definition) is 3. The standard InChI is InChI=1S/C35H34F3N3O4/c1-20(2)45-32-17-27-21(15-31(32)44-3)11-12-41-30(27)16-28(33(41)22-7-6-8-24(13-22)35(36,37)38)34(43)40-25(19-42)14-23-18-39-29-10-5-4-9-26(23)29/h4-10,13,15-18,20,25,39,42H,11-12,14,19H2,1-3H3,(H,40,43). The van der Waals surface area contributed by atoms with Crippen molar-refractivity contribution < 1.29 is 32.5 Å². The molecule has 0 bridgehead atoms. The number of nitrogens with zero attached hydrogens (tertiary/aromatic N) is 1. The minimum atomic E-state index is -4.55. The van der Waals surface area contributed by atoms with Crippen LogP contribution in [0.15, 0.2) is 72.9 Å². The molecule has 10 heteroatoms. The van der Waals surface area contributed by atoms with E-state index in [0.29, 0.717) is 42.3 Å². The normalized spacial score (nSPS) is 13.4. The van der Waals surface area contributed by atoms with E-state index >= 15 is 0 Å². The highest BCUT2D eigenvalue weighted by Gasteiger charge is 2.33. The zero-order chi connectivity index (χ0) is 31.9. The molecule has 5 aromatic rings. The summed E-state index contributed by atoms with van der Waals surface area (Å²) in [4.78, 5) is 17.2. The van der Waals surface area contributed by atoms with Crippen molar-refractivity contribution in [3.63, 3.8) is 0 Å². The molecule has 0 spiro atoms. The van der Waals surface area contributed by atoms with Crippen LogP contribution in [-0.4, -0.2) is 46.4 Å². The largest absolute Gasteiger partial charge is 0.493 e. The molecule has 0 radical (unpaired) electrons. The number of para-hydroxylation sites is 1. The minimum Gasteiger partial charge on any atom is -0.493 e. The van der Waals surface area contributed by atoms with Crippen LogP contribution >= 0.6 is 0 Å². The molecule has 3 aromatic carbocycles. The van der Waals surface area contributed by atoms with Crippen molar-refractivity contribution in [3.8, 4) is 34.0 Å². The molecule has 7 nitrogen and oxygen atoms in total. The van der Waals surface area contributed by atoms with Crippen LogP contribution in [-0.2, 0) is 25.6 Å². The van der Waals surface area contributed by atoms with Crippen LogP contribution < -0.4 is 14.8 Å². The van der Waals surface area contributed by atoms with E-state index in [1.807, 2.05) is 61.0 Å². The second-order valence-corrected chi connectivity index (χ2v) is 11.5. The Bertz CT molecular complexity index is 1870. The summed E-state index contributed by atoms with van der Waals surface area (Å²) in [6, 6.07) is 17.6. The molecular formula is C35H34F3N3O4. The van der Waals surface area contributed by atoms with E-state index < -0.39 is 23.7 Å². The molecule has 1 aliphatic rings. The number of rotatable bonds is 9. The van der Waals surface area contributed by atoms with Gasteiger partial charge in [-0.3, -0.25) is 4.79 Å². The lowest BCUT2D eigenvalue weighted by atomic mass is 9.97. The molecule has 1 aliphatic heterocycles. The topological polar surface area (TPSA) is 88.5 Å². The first kappa shape index (κ1) is 30.3. The highest BCUT2D eigenvalue weighted by Crippen LogP contribution is 2.43. The van der Waals surface area contributed by atoms with Crippen LogP contribution in [0.25, 0.3) is 33.4 Å². The molecule has 0 saturated heterocycles. The van der Waals surface area contributed by atoms with Crippen LogP contribution in [0.5, 0.6) is 11.5 Å². The fraction of sp³-hybridized carbons (Fsp3) is 0.286. The third kappa shape index (κ3) is 5.90. The van der Waals surface area contributed by atoms with Crippen LogP contribution in [0.4, 0.5) is 13.2 Å². The number of halogens is 3. The molecule has 0 aliphatic carbocycles. The first-order chi connectivity index (χ1) is 21.6. The van der Waals surface area contributed by atoms with Crippen molar-refractivity contribution in [3.05, 3.63) is 95.2 Å². The maximum atomic E-state index is 14.0. The van der Waals surface area contributed by atoms with Crippen LogP contribution in [0, 0.1) is 0 Å². The Kier molecular flexibility index (Phi) is 8.09. The Morgan fingerprint density at radius 3 is 2.60 bits per heavy atom. The van der Waals surface area contributed by atoms with E-state index in [1.165, 1.54) is 6.07 Å². The Hall–Kier alpha value is -4.70. The van der Waals surface area contributed by atoms with Gasteiger partial charge in [0.1, 0.15) is 0 Å². The van der Waals surface area contributed by atoms with Gasteiger partial charge in [-0.1, -0.05) is 30.3 Å². The maximum absolute atomic E-state index is 14.0. The van der Waals surface area contributed by atoms with E-state index in [-0.39, 0.29) is 23.8 Å². The summed E-state index contributed by atoms with van der Waals surface area (Å²) in [7, 11) is 1.57. The minimum absolute atomic E-state index is 0.123. The number of aryl methyl sites for hydroxylation is 1. The molecule has 3 heterocycles. The lowest BCUT2D eigenvalue weighted by molar-refractivity contribution is -0.137. The molecular weight excluding hydrogens is 583 g/mol. The van der Waals surface area contributed by atoms with Gasteiger partial charge < -0.3 is 29.4 Å². The molecule has 0 saturated carbocycles. The van der Waals surface area contributed by atoms with Crippen molar-refractivity contribution in [2.24, 2.45) is 0 Å². The third-order valence-corrected chi connectivity index (χ3v) is 8.13. The van der Waals surface area contributed by atoms with Gasteiger partial charge in [-0.25, -0.2) is 0 Å². The van der Waals surface area contributed by atoms with E-state index in [0.717, 1.165) is 39.7 Å². The van der Waals surface area contributed by atoms with Crippen LogP contribution in [0.1, 0.15) is 40.9 Å². The molecule has 6 rings (SSSR count). The molecule has 2 aromatic heterocycles. The van der Waals surface area contributed by atoms with E-state index in [9.17, 15) is 23.1 Å². The second-order valence-electron chi connectivity index (χ2n) is 11.5. The Labute approximate surface area is 258 Å². The number of aliphatic hydroxyl groups is 1. The maximum Gasteiger partial charge on any atom is 0.416 e. The number of methoxy groups -OCH3 is 1. The van der Waals surface area contributed by atoms with Gasteiger partial charge in [-0.2, -0.15) is 13.2 Å². The monoisotopic (exact) mass is 617 g/mol. The fourth-order valence-corrected chi connectivity index (χ4v) is 6.11. The first-order valence-corrected chi connectivity index (χ1v) is 14.8. The quantitative estimate of drug-likeness (QED) is 0.166. The Morgan fingerprint density at radius 2 is 1.87 bits per heavy atom. The van der Waals surface area contributed by atoms with Crippen molar-refractivity contribution in [1.29, 1.82) is 0 Å². The second kappa shape index (κ2) is 12.0. The number of benzene rings is 3. The number of ether oxygens (including phenoxy) is 2. The predicted molar refractivity (Wildman–Crippen MR) is 167 cm³/mol. The van der Waals surface area contributed by atoms with Crippen molar-refractivity contribution in [2.75, 3.05) is 13.7 Å². The van der Waals surface area contributed by atoms with Crippen LogP contribution in [0.3, 0.4) is 0 Å². The summed E-state index contributed by atoms with van der Waals surface area (Å²) in [5, 5.41) is 14.2. The van der Waals surface area contributed by atoms with Gasteiger partial charge in [0.2, 0.25) is 0 Å². The number of amides is 1. The number of alkyl halides is 3. The number of fused-ring (bicyclic) bond motifs is 4. The predicted octanol–water partition coefficient (Wildman–Crippen LogP) is 7.01. The number of hydrogen-bond acceptors (Lipinski definition) is 4. The van der Waals surface area contributed by atoms with Gasteiger partial charge in [0.25, 0.3) is 5.91 Å². The van der Waals surface area contributed by atoms with E-state index in [2.05, 4.69) is 10.3 Å². The summed E-state index contributed by atoms with van der Waals surface area (Å²) in [5.74, 6) is 0.630. The zero-order valence-electron chi connectivity index (χ0n) is 25.2. The first-order valence-electron chi connectivity index (χ1n) is 14.8. The molecule has 234 valence electrons. The molecule has 1 amide bonds. The highest BCUT2D eigenvalue weighted by molar-refractivity contribution is 6.02. The Morgan fingerprint density at radius 1 is 1.07 bits per heavy atom. The molecule has 3 N–H and O–H groups in total. The number of aromatic nitrogens is 2. The van der Waals surface area contributed by atoms with Gasteiger partial charge in [0.15, 0.2) is 11.5 Å². The lowest BCUT2D eigenvalue weighted by Gasteiger charge is -2.24. The number of carbonyl (C=O) groups excluding carboxylic acids is 1. The van der Waals surface area contributed by atoms with E-state index in [1.54, 1.807) is 19.2 Å². The third-order valence-electron chi connectivity index (χ3n) is 8.13. The average Bonchev–Trinajstić information content (AvgIpc) is 3.62. The zero-order valence-corrected chi connectivity index (χ0v) is 25.2. The van der Waals surface area contributed by atoms with E-state index in [4.69, 9.17) is 9.47 Å². The molecule has 1 atom stereocenters. The number of carbonyl (C=O) groups is 1. The summed E-state index contributed by atoms with van der Waals surface area (Å²) in [6.07, 6.45) is -1.89. The SMILES string of the molecule is COc1cc2c(cc1OC(C)C)-c1cc(C(=O)NC(CO)Cc3c[nH]c4ccccc34)c(-c3cccc(C(F)(F)F)c3)n1CC2. The van der Waals surface area contributed by atoms with Gasteiger partial charge in [0, 0.05) is 34.9 Å². The van der Waals surface area contributed by atoms with Crippen LogP contribution in [0.2, 0.25) is 0 Å². The number of aromatic amines is 1. The Balaban J connectivity index is 1.44. The number of nitrogens with one attached hydrogen (secondary N) is 2. The van der Waals surface area contributed by atoms with Crippen molar-refractivity contribution in [2.45, 2.75) is 51.6 Å². The molecule has 1 unspecified atom stereocenters. The van der Waals surface area contributed by atoms with Crippen molar-refractivity contribution >= 4 is 16.8 Å². The lowest BCUT2D eigenvalue weighted by Crippen LogP contribution is -2.39. The summed E-state index contributed by atoms with van der Waals surface area (Å²) < 4.78 is 54.9. The molecule has 0 fully saturated rings. The molecule has 45 heavy (non-hydrogen) atoms. The number of aliphatic hydroxyl groups excluding tert-OH is 1. The van der Waals surface area contributed by atoms with Crippen molar-refractivity contribution in [1.82, 2.24) is 14.9 Å². The summed E-state index contributed by atoms with van der Waals surface area (Å²) in [6.45, 7) is 3.93. The number of H-pyrrole nitrogens is 1. The van der Waals surface area contributed by atoms with Gasteiger partial charge in [0.05, 0.1) is 42.7 Å². The summed E-state index contributed by atoms with van der Waals surface area (Å²) >= 11 is 0. The van der Waals surface area contributed by atoms with Gasteiger partial charge >= 0.3 is 6.18 Å².